The van der Waals surface area contributed by atoms with Gasteiger partial charge in [0.05, 0.1) is 28.0 Å². The molecule has 0 saturated carbocycles. The van der Waals surface area contributed by atoms with E-state index in [0.717, 1.165) is 36.1 Å². The summed E-state index contributed by atoms with van der Waals surface area (Å²) in [5.74, 6) is 0. The lowest BCUT2D eigenvalue weighted by Crippen LogP contribution is -2.38. The minimum Gasteiger partial charge on any atom is -0.282 e. The van der Waals surface area contributed by atoms with Crippen molar-refractivity contribution in [3.05, 3.63) is 15.9 Å². The van der Waals surface area contributed by atoms with E-state index in [1.165, 1.54) is 18.5 Å². The van der Waals surface area contributed by atoms with Gasteiger partial charge in [-0.25, -0.2) is 0 Å². The number of nitrogens with zero attached hydrogens (tertiary/aromatic N) is 4. The maximum Gasteiger partial charge on any atom is 0.0981 e. The molecule has 1 aromatic rings. The number of rotatable bonds is 3. The van der Waals surface area contributed by atoms with Crippen LogP contribution in [0.2, 0.25) is 0 Å². The Hall–Kier alpha value is -0.860. The van der Waals surface area contributed by atoms with Crippen LogP contribution in [0.25, 0.3) is 0 Å². The Balaban J connectivity index is 2.18. The summed E-state index contributed by atoms with van der Waals surface area (Å²) in [5, 5.41) is 13.7. The number of hydrogen-bond donors (Lipinski definition) is 0. The monoisotopic (exact) mass is 310 g/mol. The molecule has 1 aliphatic heterocycles. The van der Waals surface area contributed by atoms with Crippen LogP contribution in [-0.2, 0) is 20.0 Å². The van der Waals surface area contributed by atoms with E-state index in [4.69, 9.17) is 0 Å². The van der Waals surface area contributed by atoms with Gasteiger partial charge in [0.25, 0.3) is 0 Å². The predicted molar refractivity (Wildman–Crippen MR) is 73.9 cm³/mol. The molecule has 18 heavy (non-hydrogen) atoms. The van der Waals surface area contributed by atoms with E-state index in [-0.39, 0.29) is 6.04 Å². The Bertz CT molecular complexity index is 460. The average Bonchev–Trinajstić information content (AvgIpc) is 2.66. The first-order chi connectivity index (χ1) is 8.67. The van der Waals surface area contributed by atoms with Crippen molar-refractivity contribution in [2.45, 2.75) is 45.2 Å². The van der Waals surface area contributed by atoms with Crippen molar-refractivity contribution >= 4 is 15.9 Å². The minimum absolute atomic E-state index is 0.0608. The molecule has 1 saturated heterocycles. The van der Waals surface area contributed by atoms with E-state index in [0.29, 0.717) is 0 Å². The van der Waals surface area contributed by atoms with E-state index in [1.54, 1.807) is 0 Å². The average molecular weight is 311 g/mol. The van der Waals surface area contributed by atoms with Crippen LogP contribution in [0.15, 0.2) is 4.47 Å². The van der Waals surface area contributed by atoms with E-state index in [1.807, 2.05) is 11.7 Å². The van der Waals surface area contributed by atoms with Gasteiger partial charge in [-0.15, -0.1) is 0 Å². The molecule has 0 aromatic carbocycles. The van der Waals surface area contributed by atoms with E-state index in [9.17, 15) is 5.26 Å². The lowest BCUT2D eigenvalue weighted by molar-refractivity contribution is 0.172. The minimum atomic E-state index is 0.0608. The van der Waals surface area contributed by atoms with Crippen LogP contribution in [0.5, 0.6) is 0 Å². The van der Waals surface area contributed by atoms with Crippen LogP contribution in [0, 0.1) is 11.3 Å². The molecule has 2 heterocycles. The zero-order valence-corrected chi connectivity index (χ0v) is 12.6. The third-order valence-electron chi connectivity index (χ3n) is 3.62. The van der Waals surface area contributed by atoms with Crippen molar-refractivity contribution in [1.82, 2.24) is 14.7 Å². The zero-order chi connectivity index (χ0) is 13.1. The Morgan fingerprint density at radius 1 is 1.50 bits per heavy atom. The highest BCUT2D eigenvalue weighted by Crippen LogP contribution is 2.25. The molecule has 0 aliphatic carbocycles. The second kappa shape index (κ2) is 5.85. The number of hydrogen-bond acceptors (Lipinski definition) is 3. The smallest absolute Gasteiger partial charge is 0.0981 e. The summed E-state index contributed by atoms with van der Waals surface area (Å²) in [7, 11) is 1.98. The molecular formula is C13H19BrN4. The number of halogens is 1. The first-order valence-corrected chi connectivity index (χ1v) is 7.30. The van der Waals surface area contributed by atoms with Gasteiger partial charge >= 0.3 is 0 Å². The summed E-state index contributed by atoms with van der Waals surface area (Å²) in [5.41, 5.74) is 2.27. The molecule has 4 nitrogen and oxygen atoms in total. The van der Waals surface area contributed by atoms with E-state index in [2.05, 4.69) is 38.9 Å². The highest BCUT2D eigenvalue weighted by atomic mass is 79.9. The van der Waals surface area contributed by atoms with Gasteiger partial charge in [0.2, 0.25) is 0 Å². The molecule has 0 bridgehead atoms. The molecule has 0 spiro atoms. The standard InChI is InChI=1S/C13H19BrN4/c1-3-11-13(14)12(17(2)16-11)9-18-7-5-4-6-10(18)8-15/h10H,3-7,9H2,1-2H3. The molecule has 2 rings (SSSR count). The number of likely N-dealkylation sites (tertiary alicyclic amines) is 1. The van der Waals surface area contributed by atoms with Crippen LogP contribution in [0.1, 0.15) is 37.6 Å². The van der Waals surface area contributed by atoms with Gasteiger partial charge in [0.15, 0.2) is 0 Å². The van der Waals surface area contributed by atoms with E-state index < -0.39 is 0 Å². The molecule has 0 amide bonds. The number of aryl methyl sites for hydroxylation is 2. The van der Waals surface area contributed by atoms with Crippen molar-refractivity contribution in [3.63, 3.8) is 0 Å². The van der Waals surface area contributed by atoms with Crippen LogP contribution in [0.4, 0.5) is 0 Å². The SMILES string of the molecule is CCc1nn(C)c(CN2CCCCC2C#N)c1Br. The Kier molecular flexibility index (Phi) is 4.41. The maximum absolute atomic E-state index is 9.20. The summed E-state index contributed by atoms with van der Waals surface area (Å²) in [4.78, 5) is 2.27. The van der Waals surface area contributed by atoms with Gasteiger partial charge < -0.3 is 0 Å². The van der Waals surface area contributed by atoms with E-state index >= 15 is 0 Å². The van der Waals surface area contributed by atoms with Gasteiger partial charge in [-0.1, -0.05) is 6.92 Å². The normalized spacial score (nSPS) is 20.9. The summed E-state index contributed by atoms with van der Waals surface area (Å²) >= 11 is 3.64. The molecule has 1 aromatic heterocycles. The van der Waals surface area contributed by atoms with Gasteiger partial charge in [-0.3, -0.25) is 9.58 Å². The number of piperidine rings is 1. The van der Waals surface area contributed by atoms with Gasteiger partial charge in [-0.05, 0) is 48.2 Å². The van der Waals surface area contributed by atoms with Crippen LogP contribution in [-0.4, -0.2) is 27.3 Å². The van der Waals surface area contributed by atoms with Gasteiger partial charge in [0.1, 0.15) is 0 Å². The van der Waals surface area contributed by atoms with Crippen LogP contribution < -0.4 is 0 Å². The fraction of sp³-hybridized carbons (Fsp3) is 0.692. The van der Waals surface area contributed by atoms with Crippen molar-refractivity contribution in [2.24, 2.45) is 7.05 Å². The summed E-state index contributed by atoms with van der Waals surface area (Å²) in [6.07, 6.45) is 4.28. The first kappa shape index (κ1) is 13.6. The molecule has 1 fully saturated rings. The molecule has 98 valence electrons. The Morgan fingerprint density at radius 2 is 2.28 bits per heavy atom. The van der Waals surface area contributed by atoms with Crippen LogP contribution in [0.3, 0.4) is 0 Å². The highest BCUT2D eigenvalue weighted by molar-refractivity contribution is 9.10. The summed E-state index contributed by atoms with van der Waals surface area (Å²) < 4.78 is 3.04. The topological polar surface area (TPSA) is 44.9 Å². The predicted octanol–water partition coefficient (Wildman–Crippen LogP) is 2.62. The Labute approximate surface area is 117 Å². The third-order valence-corrected chi connectivity index (χ3v) is 4.53. The first-order valence-electron chi connectivity index (χ1n) is 6.51. The fourth-order valence-electron chi connectivity index (χ4n) is 2.51. The lowest BCUT2D eigenvalue weighted by Gasteiger charge is -2.31. The zero-order valence-electron chi connectivity index (χ0n) is 11.0. The van der Waals surface area contributed by atoms with Crippen molar-refractivity contribution in [2.75, 3.05) is 6.54 Å². The van der Waals surface area contributed by atoms with Crippen molar-refractivity contribution in [3.8, 4) is 6.07 Å². The second-order valence-electron chi connectivity index (χ2n) is 4.80. The lowest BCUT2D eigenvalue weighted by atomic mass is 10.0. The van der Waals surface area contributed by atoms with Gasteiger partial charge in [0, 0.05) is 13.6 Å². The highest BCUT2D eigenvalue weighted by Gasteiger charge is 2.24. The summed E-state index contributed by atoms with van der Waals surface area (Å²) in [6, 6.07) is 2.48. The number of nitriles is 1. The molecule has 5 heteroatoms. The summed E-state index contributed by atoms with van der Waals surface area (Å²) in [6.45, 7) is 3.93. The van der Waals surface area contributed by atoms with Crippen LogP contribution >= 0.6 is 15.9 Å². The molecule has 1 atom stereocenters. The maximum atomic E-state index is 9.20. The third kappa shape index (κ3) is 2.60. The van der Waals surface area contributed by atoms with Crippen molar-refractivity contribution < 1.29 is 0 Å². The quantitative estimate of drug-likeness (QED) is 0.862. The molecule has 1 unspecified atom stereocenters. The Morgan fingerprint density at radius 3 is 2.89 bits per heavy atom. The number of aromatic nitrogens is 2. The largest absolute Gasteiger partial charge is 0.282 e. The van der Waals surface area contributed by atoms with Gasteiger partial charge in [-0.2, -0.15) is 10.4 Å². The second-order valence-corrected chi connectivity index (χ2v) is 5.59. The van der Waals surface area contributed by atoms with Crippen molar-refractivity contribution in [1.29, 1.82) is 5.26 Å². The fourth-order valence-corrected chi connectivity index (χ4v) is 3.25. The molecule has 1 aliphatic rings. The molecule has 0 radical (unpaired) electrons. The molecular weight excluding hydrogens is 292 g/mol. The molecule has 0 N–H and O–H groups in total.